The maximum atomic E-state index is 11.0. The van der Waals surface area contributed by atoms with E-state index in [0.717, 1.165) is 0 Å². The first-order valence-electron chi connectivity index (χ1n) is 4.25. The highest BCUT2D eigenvalue weighted by molar-refractivity contribution is 5.90. The first-order chi connectivity index (χ1) is 7.20. The fourth-order valence-electron chi connectivity index (χ4n) is 1.23. The van der Waals surface area contributed by atoms with Gasteiger partial charge in [-0.15, -0.1) is 0 Å². The van der Waals surface area contributed by atoms with E-state index < -0.39 is 6.09 Å². The minimum Gasteiger partial charge on any atom is -0.454 e. The summed E-state index contributed by atoms with van der Waals surface area (Å²) < 4.78 is 14.7. The summed E-state index contributed by atoms with van der Waals surface area (Å²) >= 11 is 0. The van der Waals surface area contributed by atoms with Gasteiger partial charge in [-0.1, -0.05) is 0 Å². The van der Waals surface area contributed by atoms with Crippen LogP contribution in [0.1, 0.15) is 0 Å². The Kier molecular flexibility index (Phi) is 2.24. The standard InChI is InChI=1S/C9H10N2O4/c1-13-9(12)11-6-3-8-7(2-5(6)10)14-4-15-8/h2-3H,4,10H2,1H3,(H,11,12). The smallest absolute Gasteiger partial charge is 0.411 e. The lowest BCUT2D eigenvalue weighted by molar-refractivity contribution is 0.174. The second-order valence-electron chi connectivity index (χ2n) is 2.91. The van der Waals surface area contributed by atoms with E-state index in [0.29, 0.717) is 22.9 Å². The highest BCUT2D eigenvalue weighted by Crippen LogP contribution is 2.38. The molecule has 1 aromatic rings. The fourth-order valence-corrected chi connectivity index (χ4v) is 1.23. The lowest BCUT2D eigenvalue weighted by Gasteiger charge is -2.07. The van der Waals surface area contributed by atoms with Crippen molar-refractivity contribution in [1.82, 2.24) is 0 Å². The van der Waals surface area contributed by atoms with Crippen LogP contribution in [0.15, 0.2) is 12.1 Å². The summed E-state index contributed by atoms with van der Waals surface area (Å²) in [6, 6.07) is 3.18. The zero-order valence-corrected chi connectivity index (χ0v) is 8.07. The van der Waals surface area contributed by atoms with Crippen molar-refractivity contribution in [2.45, 2.75) is 0 Å². The summed E-state index contributed by atoms with van der Waals surface area (Å²) in [5.74, 6) is 1.12. The Morgan fingerprint density at radius 1 is 1.47 bits per heavy atom. The molecule has 1 amide bonds. The highest BCUT2D eigenvalue weighted by atomic mass is 16.7. The molecule has 0 aliphatic carbocycles. The van der Waals surface area contributed by atoms with Crippen LogP contribution in [0.2, 0.25) is 0 Å². The Morgan fingerprint density at radius 3 is 2.80 bits per heavy atom. The molecule has 0 saturated carbocycles. The lowest BCUT2D eigenvalue weighted by Crippen LogP contribution is -2.12. The first-order valence-corrected chi connectivity index (χ1v) is 4.25. The van der Waals surface area contributed by atoms with E-state index in [-0.39, 0.29) is 6.79 Å². The monoisotopic (exact) mass is 210 g/mol. The molecule has 0 atom stereocenters. The van der Waals surface area contributed by atoms with Crippen molar-refractivity contribution in [3.63, 3.8) is 0 Å². The molecular formula is C9H10N2O4. The molecule has 1 heterocycles. The summed E-state index contributed by atoms with van der Waals surface area (Å²) in [5, 5.41) is 2.47. The van der Waals surface area contributed by atoms with Crippen molar-refractivity contribution in [2.75, 3.05) is 25.0 Å². The van der Waals surface area contributed by atoms with Gasteiger partial charge in [-0.05, 0) is 0 Å². The van der Waals surface area contributed by atoms with Crippen LogP contribution in [0, 0.1) is 0 Å². The minimum atomic E-state index is -0.583. The number of benzene rings is 1. The van der Waals surface area contributed by atoms with Crippen LogP contribution in [0.25, 0.3) is 0 Å². The summed E-state index contributed by atoms with van der Waals surface area (Å²) in [6.45, 7) is 0.163. The predicted octanol–water partition coefficient (Wildman–Crippen LogP) is 1.18. The zero-order valence-electron chi connectivity index (χ0n) is 8.07. The van der Waals surface area contributed by atoms with Gasteiger partial charge in [0.05, 0.1) is 18.5 Å². The second kappa shape index (κ2) is 3.56. The molecule has 1 aliphatic heterocycles. The van der Waals surface area contributed by atoms with Crippen molar-refractivity contribution >= 4 is 17.5 Å². The lowest BCUT2D eigenvalue weighted by atomic mass is 10.2. The molecule has 1 aliphatic rings. The normalized spacial score (nSPS) is 12.3. The van der Waals surface area contributed by atoms with Crippen LogP contribution in [-0.2, 0) is 4.74 Å². The number of fused-ring (bicyclic) bond motifs is 1. The van der Waals surface area contributed by atoms with Gasteiger partial charge in [0, 0.05) is 12.1 Å². The molecule has 6 heteroatoms. The van der Waals surface area contributed by atoms with Crippen LogP contribution in [-0.4, -0.2) is 20.0 Å². The molecule has 0 unspecified atom stereocenters. The van der Waals surface area contributed by atoms with Crippen LogP contribution >= 0.6 is 0 Å². The first kappa shape index (κ1) is 9.45. The number of ether oxygens (including phenoxy) is 3. The molecule has 0 saturated heterocycles. The van der Waals surface area contributed by atoms with Crippen molar-refractivity contribution in [1.29, 1.82) is 0 Å². The molecule has 15 heavy (non-hydrogen) atoms. The van der Waals surface area contributed by atoms with E-state index in [1.165, 1.54) is 7.11 Å². The SMILES string of the molecule is COC(=O)Nc1cc2c(cc1N)OCO2. The Hall–Kier alpha value is -2.11. The number of methoxy groups -OCH3 is 1. The number of amides is 1. The van der Waals surface area contributed by atoms with E-state index in [1.54, 1.807) is 12.1 Å². The highest BCUT2D eigenvalue weighted by Gasteiger charge is 2.17. The quantitative estimate of drug-likeness (QED) is 0.680. The topological polar surface area (TPSA) is 82.8 Å². The van der Waals surface area contributed by atoms with Gasteiger partial charge in [0.1, 0.15) is 0 Å². The van der Waals surface area contributed by atoms with Crippen molar-refractivity contribution in [3.05, 3.63) is 12.1 Å². The molecule has 0 aromatic heterocycles. The van der Waals surface area contributed by atoms with E-state index >= 15 is 0 Å². The maximum Gasteiger partial charge on any atom is 0.411 e. The van der Waals surface area contributed by atoms with E-state index in [4.69, 9.17) is 15.2 Å². The van der Waals surface area contributed by atoms with E-state index in [1.807, 2.05) is 0 Å². The Morgan fingerprint density at radius 2 is 2.13 bits per heavy atom. The molecule has 3 N–H and O–H groups in total. The average molecular weight is 210 g/mol. The van der Waals surface area contributed by atoms with Crippen molar-refractivity contribution in [3.8, 4) is 11.5 Å². The molecule has 0 fully saturated rings. The molecule has 2 rings (SSSR count). The number of hydrogen-bond donors (Lipinski definition) is 2. The second-order valence-corrected chi connectivity index (χ2v) is 2.91. The number of nitrogen functional groups attached to an aromatic ring is 1. The summed E-state index contributed by atoms with van der Waals surface area (Å²) in [7, 11) is 1.28. The molecule has 6 nitrogen and oxygen atoms in total. The van der Waals surface area contributed by atoms with Crippen LogP contribution in [0.4, 0.5) is 16.2 Å². The number of carbonyl (C=O) groups is 1. The van der Waals surface area contributed by atoms with E-state index in [9.17, 15) is 4.79 Å². The van der Waals surface area contributed by atoms with Gasteiger partial charge in [0.15, 0.2) is 11.5 Å². The van der Waals surface area contributed by atoms with Crippen LogP contribution in [0.5, 0.6) is 11.5 Å². The maximum absolute atomic E-state index is 11.0. The molecule has 0 bridgehead atoms. The molecule has 0 radical (unpaired) electrons. The summed E-state index contributed by atoms with van der Waals surface area (Å²) in [6.07, 6.45) is -0.583. The van der Waals surface area contributed by atoms with Crippen molar-refractivity contribution < 1.29 is 19.0 Å². The third kappa shape index (κ3) is 1.74. The summed E-state index contributed by atoms with van der Waals surface area (Å²) in [5.41, 5.74) is 6.52. The third-order valence-electron chi connectivity index (χ3n) is 1.97. The number of nitrogens with two attached hydrogens (primary N) is 1. The van der Waals surface area contributed by atoms with Gasteiger partial charge in [0.25, 0.3) is 0 Å². The zero-order chi connectivity index (χ0) is 10.8. The Labute approximate surface area is 85.9 Å². The fraction of sp³-hybridized carbons (Fsp3) is 0.222. The van der Waals surface area contributed by atoms with Crippen LogP contribution < -0.4 is 20.5 Å². The Balaban J connectivity index is 2.28. The number of rotatable bonds is 1. The predicted molar refractivity (Wildman–Crippen MR) is 53.0 cm³/mol. The number of hydrogen-bond acceptors (Lipinski definition) is 5. The number of carbonyl (C=O) groups excluding carboxylic acids is 1. The van der Waals surface area contributed by atoms with Gasteiger partial charge in [-0.25, -0.2) is 4.79 Å². The van der Waals surface area contributed by atoms with Crippen LogP contribution in [0.3, 0.4) is 0 Å². The number of anilines is 2. The summed E-state index contributed by atoms with van der Waals surface area (Å²) in [4.78, 5) is 11.0. The van der Waals surface area contributed by atoms with Gasteiger partial charge >= 0.3 is 6.09 Å². The van der Waals surface area contributed by atoms with Gasteiger partial charge in [-0.3, -0.25) is 5.32 Å². The largest absolute Gasteiger partial charge is 0.454 e. The third-order valence-corrected chi connectivity index (χ3v) is 1.97. The van der Waals surface area contributed by atoms with Gasteiger partial charge < -0.3 is 19.9 Å². The molecule has 80 valence electrons. The molecule has 1 aromatic carbocycles. The van der Waals surface area contributed by atoms with Gasteiger partial charge in [-0.2, -0.15) is 0 Å². The van der Waals surface area contributed by atoms with E-state index in [2.05, 4.69) is 10.1 Å². The average Bonchev–Trinajstić information content (AvgIpc) is 2.65. The van der Waals surface area contributed by atoms with Crippen molar-refractivity contribution in [2.24, 2.45) is 0 Å². The number of nitrogens with one attached hydrogen (secondary N) is 1. The minimum absolute atomic E-state index is 0.163. The Bertz CT molecular complexity index is 405. The van der Waals surface area contributed by atoms with Gasteiger partial charge in [0.2, 0.25) is 6.79 Å². The molecule has 0 spiro atoms. The molecular weight excluding hydrogens is 200 g/mol.